The first-order valence-corrected chi connectivity index (χ1v) is 11.0. The maximum atomic E-state index is 12.2. The zero-order valence-corrected chi connectivity index (χ0v) is 19.2. The average Bonchev–Trinajstić information content (AvgIpc) is 3.10. The Bertz CT molecular complexity index is 1130. The molecule has 1 aromatic heterocycles. The van der Waals surface area contributed by atoms with Gasteiger partial charge < -0.3 is 14.2 Å². The summed E-state index contributed by atoms with van der Waals surface area (Å²) in [5.74, 6) is 2.38. The highest BCUT2D eigenvalue weighted by Gasteiger charge is 2.36. The van der Waals surface area contributed by atoms with Crippen LogP contribution in [0.1, 0.15) is 39.7 Å². The third-order valence-electron chi connectivity index (χ3n) is 5.25. The third-order valence-corrected chi connectivity index (χ3v) is 6.97. The predicted octanol–water partition coefficient (Wildman–Crippen LogP) is 4.69. The van der Waals surface area contributed by atoms with Crippen LogP contribution in [-0.2, 0) is 9.53 Å². The second kappa shape index (κ2) is 8.80. The summed E-state index contributed by atoms with van der Waals surface area (Å²) in [6, 6.07) is 11.5. The van der Waals surface area contributed by atoms with Gasteiger partial charge in [0.25, 0.3) is 0 Å². The van der Waals surface area contributed by atoms with Gasteiger partial charge in [0, 0.05) is 10.6 Å². The Morgan fingerprint density at radius 1 is 1.13 bits per heavy atom. The van der Waals surface area contributed by atoms with Gasteiger partial charge in [-0.15, -0.1) is 22.0 Å². The second-order valence-corrected chi connectivity index (χ2v) is 8.76. The molecule has 2 aromatic carbocycles. The van der Waals surface area contributed by atoms with E-state index < -0.39 is 0 Å². The quantitative estimate of drug-likeness (QED) is 0.512. The van der Waals surface area contributed by atoms with Crippen LogP contribution in [0.5, 0.6) is 11.5 Å². The van der Waals surface area contributed by atoms with Crippen LogP contribution in [0.2, 0.25) is 5.02 Å². The van der Waals surface area contributed by atoms with Crippen molar-refractivity contribution in [2.75, 3.05) is 21.3 Å². The molecule has 0 bridgehead atoms. The molecular weight excluding hydrogens is 438 g/mol. The standard InChI is InChI=1S/C22H22ClN3O4S/c1-12-24-25-22-18(11-19(27)29-3)31-21(14-6-5-7-17(28-2)20(14)30-4)15-10-13(23)8-9-16(15)26(12)22/h5-10,18,21H,11H2,1-4H3/t18-,21-/m1/s1. The van der Waals surface area contributed by atoms with E-state index in [0.29, 0.717) is 22.3 Å². The molecule has 0 spiro atoms. The monoisotopic (exact) mass is 459 g/mol. The van der Waals surface area contributed by atoms with Gasteiger partial charge in [0.2, 0.25) is 0 Å². The first-order chi connectivity index (χ1) is 15.0. The average molecular weight is 460 g/mol. The van der Waals surface area contributed by atoms with E-state index in [1.165, 1.54) is 7.11 Å². The van der Waals surface area contributed by atoms with Crippen LogP contribution in [0.15, 0.2) is 36.4 Å². The number of hydrogen-bond acceptors (Lipinski definition) is 7. The molecule has 0 saturated heterocycles. The first kappa shape index (κ1) is 21.5. The number of para-hydroxylation sites is 1. The fraction of sp³-hybridized carbons (Fsp3) is 0.318. The topological polar surface area (TPSA) is 75.5 Å². The molecule has 162 valence electrons. The Hall–Kier alpha value is -2.71. The first-order valence-electron chi connectivity index (χ1n) is 9.63. The zero-order chi connectivity index (χ0) is 22.1. The maximum Gasteiger partial charge on any atom is 0.307 e. The smallest absolute Gasteiger partial charge is 0.307 e. The molecular formula is C22H22ClN3O4S. The van der Waals surface area contributed by atoms with Crippen molar-refractivity contribution in [1.82, 2.24) is 14.8 Å². The van der Waals surface area contributed by atoms with E-state index in [1.54, 1.807) is 26.0 Å². The number of fused-ring (bicyclic) bond motifs is 3. The van der Waals surface area contributed by atoms with Crippen LogP contribution in [0.4, 0.5) is 0 Å². The van der Waals surface area contributed by atoms with Crippen molar-refractivity contribution in [2.24, 2.45) is 0 Å². The normalized spacial score (nSPS) is 17.3. The summed E-state index contributed by atoms with van der Waals surface area (Å²) in [7, 11) is 4.61. The van der Waals surface area contributed by atoms with Crippen molar-refractivity contribution < 1.29 is 19.0 Å². The molecule has 2 atom stereocenters. The third kappa shape index (κ3) is 3.85. The van der Waals surface area contributed by atoms with E-state index in [1.807, 2.05) is 47.9 Å². The Kier molecular flexibility index (Phi) is 6.11. The predicted molar refractivity (Wildman–Crippen MR) is 119 cm³/mol. The molecule has 1 aliphatic rings. The highest BCUT2D eigenvalue weighted by Crippen LogP contribution is 2.53. The van der Waals surface area contributed by atoms with Gasteiger partial charge in [0.05, 0.1) is 43.9 Å². The van der Waals surface area contributed by atoms with E-state index in [0.717, 1.165) is 22.6 Å². The molecule has 7 nitrogen and oxygen atoms in total. The molecule has 0 amide bonds. The zero-order valence-electron chi connectivity index (χ0n) is 17.6. The lowest BCUT2D eigenvalue weighted by molar-refractivity contribution is -0.140. The number of nitrogens with zero attached hydrogens (tertiary/aromatic N) is 3. The van der Waals surface area contributed by atoms with E-state index in [9.17, 15) is 4.79 Å². The molecule has 0 unspecified atom stereocenters. The van der Waals surface area contributed by atoms with Crippen molar-refractivity contribution in [3.63, 3.8) is 0 Å². The molecule has 0 saturated carbocycles. The molecule has 0 aliphatic carbocycles. The van der Waals surface area contributed by atoms with Crippen LogP contribution < -0.4 is 9.47 Å². The summed E-state index contributed by atoms with van der Waals surface area (Å²) in [5.41, 5.74) is 2.80. The summed E-state index contributed by atoms with van der Waals surface area (Å²) >= 11 is 8.01. The molecule has 4 rings (SSSR count). The molecule has 0 radical (unpaired) electrons. The number of esters is 1. The number of carbonyl (C=O) groups is 1. The minimum absolute atomic E-state index is 0.157. The molecule has 9 heteroatoms. The van der Waals surface area contributed by atoms with E-state index in [-0.39, 0.29) is 22.9 Å². The van der Waals surface area contributed by atoms with E-state index in [4.69, 9.17) is 25.8 Å². The van der Waals surface area contributed by atoms with Gasteiger partial charge in [-0.05, 0) is 36.8 Å². The summed E-state index contributed by atoms with van der Waals surface area (Å²) in [6.07, 6.45) is 0.157. The number of benzene rings is 2. The lowest BCUT2D eigenvalue weighted by atomic mass is 10.0. The molecule has 0 fully saturated rings. The van der Waals surface area contributed by atoms with Crippen molar-refractivity contribution in [2.45, 2.75) is 23.8 Å². The summed E-state index contributed by atoms with van der Waals surface area (Å²) in [6.45, 7) is 1.89. The van der Waals surface area contributed by atoms with Gasteiger partial charge in [-0.3, -0.25) is 9.36 Å². The fourth-order valence-corrected chi connectivity index (χ4v) is 5.54. The SMILES string of the molecule is COC(=O)C[C@H]1S[C@H](c2cccc(OC)c2OC)c2cc(Cl)ccc2-n2c(C)nnc21. The number of aromatic nitrogens is 3. The van der Waals surface area contributed by atoms with E-state index in [2.05, 4.69) is 10.2 Å². The van der Waals surface area contributed by atoms with Crippen LogP contribution in [0.25, 0.3) is 5.69 Å². The number of halogens is 1. The van der Waals surface area contributed by atoms with Crippen molar-refractivity contribution >= 4 is 29.3 Å². The van der Waals surface area contributed by atoms with Crippen molar-refractivity contribution in [3.05, 3.63) is 64.2 Å². The lowest BCUT2D eigenvalue weighted by Gasteiger charge is -2.23. The molecule has 31 heavy (non-hydrogen) atoms. The van der Waals surface area contributed by atoms with Crippen molar-refractivity contribution in [3.8, 4) is 17.2 Å². The van der Waals surface area contributed by atoms with Gasteiger partial charge >= 0.3 is 5.97 Å². The molecule has 0 N–H and O–H groups in total. The minimum atomic E-state index is -0.315. The van der Waals surface area contributed by atoms with Gasteiger partial charge in [0.15, 0.2) is 17.3 Å². The summed E-state index contributed by atoms with van der Waals surface area (Å²) < 4.78 is 18.2. The van der Waals surface area contributed by atoms with Crippen LogP contribution in [0.3, 0.4) is 0 Å². The number of ether oxygens (including phenoxy) is 3. The maximum absolute atomic E-state index is 12.2. The lowest BCUT2D eigenvalue weighted by Crippen LogP contribution is -2.11. The summed E-state index contributed by atoms with van der Waals surface area (Å²) in [5, 5.41) is 8.80. The summed E-state index contributed by atoms with van der Waals surface area (Å²) in [4.78, 5) is 12.2. The Morgan fingerprint density at radius 2 is 1.94 bits per heavy atom. The number of hydrogen-bond donors (Lipinski definition) is 0. The highest BCUT2D eigenvalue weighted by molar-refractivity contribution is 8.00. The minimum Gasteiger partial charge on any atom is -0.493 e. The highest BCUT2D eigenvalue weighted by atomic mass is 35.5. The van der Waals surface area contributed by atoms with E-state index >= 15 is 0 Å². The van der Waals surface area contributed by atoms with Crippen LogP contribution in [0, 0.1) is 6.92 Å². The number of thioether (sulfide) groups is 1. The number of carbonyl (C=O) groups excluding carboxylic acids is 1. The second-order valence-electron chi connectivity index (χ2n) is 7.01. The van der Waals surface area contributed by atoms with Gasteiger partial charge in [-0.25, -0.2) is 0 Å². The number of aryl methyl sites for hydroxylation is 1. The largest absolute Gasteiger partial charge is 0.493 e. The number of methoxy groups -OCH3 is 3. The van der Waals surface area contributed by atoms with Gasteiger partial charge in [-0.1, -0.05) is 23.7 Å². The Labute approximate surface area is 189 Å². The van der Waals surface area contributed by atoms with Crippen LogP contribution >= 0.6 is 23.4 Å². The fourth-order valence-electron chi connectivity index (χ4n) is 3.86. The van der Waals surface area contributed by atoms with Gasteiger partial charge in [0.1, 0.15) is 5.82 Å². The van der Waals surface area contributed by atoms with Crippen LogP contribution in [-0.4, -0.2) is 42.1 Å². The Morgan fingerprint density at radius 3 is 2.65 bits per heavy atom. The number of rotatable bonds is 5. The van der Waals surface area contributed by atoms with Gasteiger partial charge in [-0.2, -0.15) is 0 Å². The molecule has 1 aliphatic heterocycles. The molecule has 3 aromatic rings. The molecule has 2 heterocycles. The van der Waals surface area contributed by atoms with Crippen molar-refractivity contribution in [1.29, 1.82) is 0 Å². The Balaban J connectivity index is 1.97.